The van der Waals surface area contributed by atoms with Crippen LogP contribution in [0.5, 0.6) is 0 Å². The van der Waals surface area contributed by atoms with Crippen LogP contribution < -0.4 is 4.90 Å². The van der Waals surface area contributed by atoms with Gasteiger partial charge in [0.25, 0.3) is 5.91 Å². The molecular weight excluding hydrogens is 528 g/mol. The summed E-state index contributed by atoms with van der Waals surface area (Å²) in [5.74, 6) is -0.260. The van der Waals surface area contributed by atoms with Crippen molar-refractivity contribution in [1.82, 2.24) is 4.57 Å². The van der Waals surface area contributed by atoms with Gasteiger partial charge < -0.3 is 9.47 Å². The molecule has 0 aliphatic heterocycles. The van der Waals surface area contributed by atoms with E-state index >= 15 is 0 Å². The Bertz CT molecular complexity index is 2130. The third kappa shape index (κ3) is 4.41. The zero-order chi connectivity index (χ0) is 29.3. The molecule has 1 amide bonds. The summed E-state index contributed by atoms with van der Waals surface area (Å²) in [6.45, 7) is 0. The smallest absolute Gasteiger partial charge is 0.260 e. The van der Waals surface area contributed by atoms with Gasteiger partial charge in [0.1, 0.15) is 0 Å². The number of carbonyl (C=O) groups is 2. The summed E-state index contributed by atoms with van der Waals surface area (Å²) in [6, 6.07) is 48.1. The number of rotatable bonds is 6. The number of hydrogen-bond acceptors (Lipinski definition) is 2. The van der Waals surface area contributed by atoms with Gasteiger partial charge in [-0.15, -0.1) is 0 Å². The number of fused-ring (bicyclic) bond motifs is 3. The van der Waals surface area contributed by atoms with E-state index in [1.807, 2.05) is 97.1 Å². The summed E-state index contributed by atoms with van der Waals surface area (Å²) in [7, 11) is 1.77. The van der Waals surface area contributed by atoms with Gasteiger partial charge in [0.05, 0.1) is 28.0 Å². The largest absolute Gasteiger partial charge is 0.311 e. The molecule has 4 nitrogen and oxygen atoms in total. The van der Waals surface area contributed by atoms with E-state index in [1.165, 1.54) is 0 Å². The van der Waals surface area contributed by atoms with E-state index in [0.717, 1.165) is 56.0 Å². The Labute approximate surface area is 250 Å². The molecule has 1 heterocycles. The lowest BCUT2D eigenvalue weighted by atomic mass is 10.00. The highest BCUT2D eigenvalue weighted by molar-refractivity contribution is 6.17. The maximum absolute atomic E-state index is 14.6. The van der Waals surface area contributed by atoms with Gasteiger partial charge in [-0.3, -0.25) is 9.59 Å². The molecule has 1 aromatic heterocycles. The second-order valence-electron chi connectivity index (χ2n) is 10.5. The second kappa shape index (κ2) is 10.9. The Morgan fingerprint density at radius 2 is 1.19 bits per heavy atom. The van der Waals surface area contributed by atoms with Crippen molar-refractivity contribution in [1.29, 1.82) is 0 Å². The van der Waals surface area contributed by atoms with Gasteiger partial charge in [-0.25, -0.2) is 0 Å². The number of hydrogen-bond donors (Lipinski definition) is 0. The normalized spacial score (nSPS) is 11.1. The quantitative estimate of drug-likeness (QED) is 0.192. The first-order chi connectivity index (χ1) is 21.2. The minimum atomic E-state index is -0.260. The Balaban J connectivity index is 1.50. The van der Waals surface area contributed by atoms with Crippen molar-refractivity contribution in [2.45, 2.75) is 0 Å². The third-order valence-electron chi connectivity index (χ3n) is 8.09. The molecule has 6 aromatic carbocycles. The van der Waals surface area contributed by atoms with Crippen molar-refractivity contribution in [3.63, 3.8) is 0 Å². The molecular formula is C39H28N2O2. The van der Waals surface area contributed by atoms with Crippen molar-refractivity contribution in [2.24, 2.45) is 0 Å². The summed E-state index contributed by atoms with van der Waals surface area (Å²) in [4.78, 5) is 28.8. The molecule has 0 bridgehead atoms. The third-order valence-corrected chi connectivity index (χ3v) is 8.09. The lowest BCUT2D eigenvalue weighted by molar-refractivity contribution is 0.0986. The number of nitrogens with zero attached hydrogens (tertiary/aromatic N) is 2. The predicted octanol–water partition coefficient (Wildman–Crippen LogP) is 9.21. The highest BCUT2D eigenvalue weighted by Crippen LogP contribution is 2.40. The van der Waals surface area contributed by atoms with E-state index in [2.05, 4.69) is 47.0 Å². The zero-order valence-electron chi connectivity index (χ0n) is 23.6. The predicted molar refractivity (Wildman–Crippen MR) is 176 cm³/mol. The lowest BCUT2D eigenvalue weighted by Gasteiger charge is -2.24. The van der Waals surface area contributed by atoms with E-state index in [-0.39, 0.29) is 5.91 Å². The number of aldehydes is 1. The molecule has 7 rings (SSSR count). The highest BCUT2D eigenvalue weighted by Gasteiger charge is 2.26. The summed E-state index contributed by atoms with van der Waals surface area (Å²) >= 11 is 0. The number of benzene rings is 6. The maximum atomic E-state index is 14.6. The molecule has 4 heteroatoms. The first-order valence-corrected chi connectivity index (χ1v) is 14.3. The first-order valence-electron chi connectivity index (χ1n) is 14.3. The lowest BCUT2D eigenvalue weighted by Crippen LogP contribution is -2.29. The Morgan fingerprint density at radius 3 is 1.93 bits per heavy atom. The van der Waals surface area contributed by atoms with Crippen LogP contribution in [0.2, 0.25) is 0 Å². The Hall–Kier alpha value is -5.74. The molecule has 0 aliphatic rings. The number of carbonyl (C=O) groups excluding carboxylic acids is 2. The number of anilines is 1. The van der Waals surface area contributed by atoms with E-state index in [0.29, 0.717) is 16.8 Å². The van der Waals surface area contributed by atoms with Gasteiger partial charge in [0, 0.05) is 34.5 Å². The molecule has 0 fully saturated rings. The molecule has 0 radical (unpaired) electrons. The fourth-order valence-electron chi connectivity index (χ4n) is 6.10. The van der Waals surface area contributed by atoms with Crippen LogP contribution in [0.4, 0.5) is 5.69 Å². The molecule has 0 spiro atoms. The van der Waals surface area contributed by atoms with E-state index in [9.17, 15) is 9.59 Å². The average molecular weight is 557 g/mol. The first kappa shape index (κ1) is 26.2. The van der Waals surface area contributed by atoms with Crippen molar-refractivity contribution in [3.05, 3.63) is 157 Å². The van der Waals surface area contributed by atoms with Crippen LogP contribution in [0.1, 0.15) is 20.7 Å². The average Bonchev–Trinajstić information content (AvgIpc) is 3.42. The van der Waals surface area contributed by atoms with Gasteiger partial charge >= 0.3 is 0 Å². The van der Waals surface area contributed by atoms with Crippen LogP contribution in [0.3, 0.4) is 0 Å². The maximum Gasteiger partial charge on any atom is 0.260 e. The van der Waals surface area contributed by atoms with Gasteiger partial charge in [0.2, 0.25) is 0 Å². The fraction of sp³-hybridized carbons (Fsp3) is 0.0256. The Morgan fingerprint density at radius 1 is 0.605 bits per heavy atom. The molecule has 0 saturated heterocycles. The van der Waals surface area contributed by atoms with Gasteiger partial charge in [-0.2, -0.15) is 0 Å². The number of para-hydroxylation sites is 3. The molecule has 0 N–H and O–H groups in total. The van der Waals surface area contributed by atoms with E-state index in [4.69, 9.17) is 0 Å². The van der Waals surface area contributed by atoms with E-state index in [1.54, 1.807) is 18.0 Å². The van der Waals surface area contributed by atoms with Crippen LogP contribution >= 0.6 is 0 Å². The van der Waals surface area contributed by atoms with Crippen molar-refractivity contribution >= 4 is 39.7 Å². The SMILES string of the molecule is CN(C(=O)c1c(C=O)cccc1-n1c2ccccc2c2cccc(-c3ccccc3)c21)c1ccccc1-c1ccccc1. The van der Waals surface area contributed by atoms with Crippen LogP contribution in [0, 0.1) is 0 Å². The summed E-state index contributed by atoms with van der Waals surface area (Å²) in [5, 5.41) is 2.16. The van der Waals surface area contributed by atoms with Crippen LogP contribution in [0.15, 0.2) is 146 Å². The fourth-order valence-corrected chi connectivity index (χ4v) is 6.10. The van der Waals surface area contributed by atoms with Gasteiger partial charge in [0.15, 0.2) is 6.29 Å². The zero-order valence-corrected chi connectivity index (χ0v) is 23.6. The monoisotopic (exact) mass is 556 g/mol. The van der Waals surface area contributed by atoms with Gasteiger partial charge in [-0.05, 0) is 29.3 Å². The molecule has 7 aromatic rings. The van der Waals surface area contributed by atoms with Crippen LogP contribution in [-0.2, 0) is 0 Å². The minimum Gasteiger partial charge on any atom is -0.311 e. The summed E-state index contributed by atoms with van der Waals surface area (Å²) < 4.78 is 2.14. The second-order valence-corrected chi connectivity index (χ2v) is 10.5. The van der Waals surface area contributed by atoms with Crippen molar-refractivity contribution in [3.8, 4) is 27.9 Å². The molecule has 206 valence electrons. The van der Waals surface area contributed by atoms with E-state index < -0.39 is 0 Å². The molecule has 43 heavy (non-hydrogen) atoms. The number of amides is 1. The van der Waals surface area contributed by atoms with Crippen molar-refractivity contribution in [2.75, 3.05) is 11.9 Å². The summed E-state index contributed by atoms with van der Waals surface area (Å²) in [5.41, 5.74) is 8.14. The standard InChI is InChI=1S/C39H28N2O2/c1-40(34-23-10-8-19-30(34)27-14-4-2-5-15-27)39(43)37-29(26-42)18-12-25-36(37)41-35-24-11-9-20-32(35)33-22-13-21-31(38(33)41)28-16-6-3-7-17-28/h2-26H,1H3. The summed E-state index contributed by atoms with van der Waals surface area (Å²) in [6.07, 6.45) is 0.777. The molecule has 0 unspecified atom stereocenters. The molecule has 0 saturated carbocycles. The molecule has 0 aliphatic carbocycles. The number of aromatic nitrogens is 1. The van der Waals surface area contributed by atoms with Crippen LogP contribution in [-0.4, -0.2) is 23.8 Å². The topological polar surface area (TPSA) is 42.3 Å². The molecule has 0 atom stereocenters. The highest BCUT2D eigenvalue weighted by atomic mass is 16.2. The van der Waals surface area contributed by atoms with Gasteiger partial charge in [-0.1, -0.05) is 127 Å². The van der Waals surface area contributed by atoms with Crippen molar-refractivity contribution < 1.29 is 9.59 Å². The minimum absolute atomic E-state index is 0.260. The van der Waals surface area contributed by atoms with Crippen LogP contribution in [0.25, 0.3) is 49.7 Å². The Kier molecular flexibility index (Phi) is 6.65.